The van der Waals surface area contributed by atoms with Gasteiger partial charge in [0.1, 0.15) is 11.2 Å². The summed E-state index contributed by atoms with van der Waals surface area (Å²) >= 11 is 0. The fraction of sp³-hybridized carbons (Fsp3) is 0.207. The number of hydrogen-bond acceptors (Lipinski definition) is 5. The molecule has 7 heteroatoms. The predicted molar refractivity (Wildman–Crippen MR) is 142 cm³/mol. The second kappa shape index (κ2) is 9.34. The summed E-state index contributed by atoms with van der Waals surface area (Å²) in [4.78, 5) is 32.4. The minimum atomic E-state index is -0.343. The monoisotopic (exact) mass is 481 g/mol. The standard InChI is InChI=1S/C29H27N3O4/c1-18-9-5-6-10-20(18)27-30-28-25(26(33)21-11-7-8-12-22(21)31(28)2)29(34)32(27)16-15-19-13-14-23(35-3)24(17-19)36-4/h5-14,17H,15-16H2,1-4H3. The zero-order valence-electron chi connectivity index (χ0n) is 20.7. The Kier molecular flexibility index (Phi) is 6.06. The Morgan fingerprint density at radius 3 is 2.36 bits per heavy atom. The van der Waals surface area contributed by atoms with Crippen molar-refractivity contribution in [3.63, 3.8) is 0 Å². The van der Waals surface area contributed by atoms with E-state index in [4.69, 9.17) is 14.5 Å². The first-order chi connectivity index (χ1) is 17.4. The summed E-state index contributed by atoms with van der Waals surface area (Å²) in [5.41, 5.74) is 3.29. The average Bonchev–Trinajstić information content (AvgIpc) is 2.90. The van der Waals surface area contributed by atoms with Crippen LogP contribution in [0.3, 0.4) is 0 Å². The van der Waals surface area contributed by atoms with Crippen molar-refractivity contribution in [2.45, 2.75) is 19.9 Å². The van der Waals surface area contributed by atoms with Crippen LogP contribution in [0.5, 0.6) is 11.5 Å². The van der Waals surface area contributed by atoms with E-state index >= 15 is 0 Å². The molecule has 2 heterocycles. The van der Waals surface area contributed by atoms with E-state index < -0.39 is 0 Å². The predicted octanol–water partition coefficient (Wildman–Crippen LogP) is 4.48. The van der Waals surface area contributed by atoms with Crippen molar-refractivity contribution < 1.29 is 9.47 Å². The zero-order valence-corrected chi connectivity index (χ0v) is 20.7. The Labute approximate surface area is 208 Å². The van der Waals surface area contributed by atoms with Crippen LogP contribution in [0, 0.1) is 6.92 Å². The molecule has 0 radical (unpaired) electrons. The van der Waals surface area contributed by atoms with Crippen molar-refractivity contribution in [3.8, 4) is 22.9 Å². The minimum absolute atomic E-state index is 0.0980. The molecule has 0 fully saturated rings. The maximum absolute atomic E-state index is 14.0. The summed E-state index contributed by atoms with van der Waals surface area (Å²) in [7, 11) is 5.03. The highest BCUT2D eigenvalue weighted by molar-refractivity contribution is 5.92. The number of benzene rings is 3. The molecule has 182 valence electrons. The van der Waals surface area contributed by atoms with Gasteiger partial charge in [0.05, 0.1) is 19.7 Å². The number of nitrogens with zero attached hydrogens (tertiary/aromatic N) is 3. The van der Waals surface area contributed by atoms with Gasteiger partial charge in [-0.1, -0.05) is 42.5 Å². The number of fused-ring (bicyclic) bond motifs is 2. The normalized spacial score (nSPS) is 11.2. The summed E-state index contributed by atoms with van der Waals surface area (Å²) in [5.74, 6) is 1.80. The number of aromatic nitrogens is 3. The molecule has 36 heavy (non-hydrogen) atoms. The molecule has 0 unspecified atom stereocenters. The Hall–Kier alpha value is -4.39. The quantitative estimate of drug-likeness (QED) is 0.334. The lowest BCUT2D eigenvalue weighted by atomic mass is 10.1. The highest BCUT2D eigenvalue weighted by Gasteiger charge is 2.20. The molecule has 0 N–H and O–H groups in total. The Morgan fingerprint density at radius 1 is 0.889 bits per heavy atom. The fourth-order valence-electron chi connectivity index (χ4n) is 4.71. The van der Waals surface area contributed by atoms with E-state index in [1.165, 1.54) is 0 Å². The summed E-state index contributed by atoms with van der Waals surface area (Å²) in [6, 6.07) is 20.8. The van der Waals surface area contributed by atoms with E-state index in [-0.39, 0.29) is 16.4 Å². The lowest BCUT2D eigenvalue weighted by Gasteiger charge is -2.17. The van der Waals surface area contributed by atoms with Crippen molar-refractivity contribution in [1.29, 1.82) is 0 Å². The number of rotatable bonds is 6. The van der Waals surface area contributed by atoms with Gasteiger partial charge in [0.2, 0.25) is 5.43 Å². The minimum Gasteiger partial charge on any atom is -0.493 e. The summed E-state index contributed by atoms with van der Waals surface area (Å²) in [6.45, 7) is 2.33. The van der Waals surface area contributed by atoms with E-state index in [2.05, 4.69) is 0 Å². The maximum Gasteiger partial charge on any atom is 0.267 e. The SMILES string of the molecule is COc1ccc(CCn2c(-c3ccccc3C)nc3c(c(=O)c4ccccc4n3C)c2=O)cc1OC. The number of pyridine rings is 1. The molecule has 5 aromatic rings. The van der Waals surface area contributed by atoms with Gasteiger partial charge in [-0.3, -0.25) is 14.2 Å². The first kappa shape index (κ1) is 23.4. The van der Waals surface area contributed by atoms with Crippen LogP contribution < -0.4 is 20.5 Å². The average molecular weight is 482 g/mol. The third-order valence-corrected chi connectivity index (χ3v) is 6.66. The smallest absolute Gasteiger partial charge is 0.267 e. The van der Waals surface area contributed by atoms with Gasteiger partial charge < -0.3 is 14.0 Å². The van der Waals surface area contributed by atoms with Gasteiger partial charge in [-0.15, -0.1) is 0 Å². The van der Waals surface area contributed by atoms with Crippen LogP contribution in [0.2, 0.25) is 0 Å². The summed E-state index contributed by atoms with van der Waals surface area (Å²) < 4.78 is 14.2. The van der Waals surface area contributed by atoms with Gasteiger partial charge in [-0.2, -0.15) is 0 Å². The molecule has 7 nitrogen and oxygen atoms in total. The van der Waals surface area contributed by atoms with Crippen LogP contribution in [-0.2, 0) is 20.0 Å². The van der Waals surface area contributed by atoms with Gasteiger partial charge in [0.15, 0.2) is 17.1 Å². The second-order valence-corrected chi connectivity index (χ2v) is 8.75. The van der Waals surface area contributed by atoms with Crippen LogP contribution in [0.1, 0.15) is 11.1 Å². The van der Waals surface area contributed by atoms with E-state index in [1.807, 2.05) is 73.1 Å². The first-order valence-electron chi connectivity index (χ1n) is 11.7. The molecule has 0 aliphatic heterocycles. The van der Waals surface area contributed by atoms with Crippen molar-refractivity contribution in [3.05, 3.63) is 98.4 Å². The summed E-state index contributed by atoms with van der Waals surface area (Å²) in [6.07, 6.45) is 0.542. The zero-order chi connectivity index (χ0) is 25.4. The van der Waals surface area contributed by atoms with E-state index in [0.717, 1.165) is 22.2 Å². The number of aryl methyl sites for hydroxylation is 3. The van der Waals surface area contributed by atoms with E-state index in [1.54, 1.807) is 30.9 Å². The third-order valence-electron chi connectivity index (χ3n) is 6.66. The Bertz CT molecular complexity index is 1730. The molecule has 5 rings (SSSR count). The summed E-state index contributed by atoms with van der Waals surface area (Å²) in [5, 5.41) is 0.599. The topological polar surface area (TPSA) is 75.4 Å². The van der Waals surface area contributed by atoms with Crippen LogP contribution >= 0.6 is 0 Å². The van der Waals surface area contributed by atoms with Crippen LogP contribution in [-0.4, -0.2) is 28.3 Å². The van der Waals surface area contributed by atoms with Gasteiger partial charge in [-0.05, 0) is 48.7 Å². The van der Waals surface area contributed by atoms with Crippen LogP contribution in [0.4, 0.5) is 0 Å². The second-order valence-electron chi connectivity index (χ2n) is 8.75. The van der Waals surface area contributed by atoms with E-state index in [9.17, 15) is 9.59 Å². The lowest BCUT2D eigenvalue weighted by Crippen LogP contribution is -2.30. The van der Waals surface area contributed by atoms with Crippen molar-refractivity contribution in [2.75, 3.05) is 14.2 Å². The Balaban J connectivity index is 1.75. The number of para-hydroxylation sites is 1. The molecule has 0 spiro atoms. The largest absolute Gasteiger partial charge is 0.493 e. The van der Waals surface area contributed by atoms with E-state index in [0.29, 0.717) is 41.3 Å². The molecule has 0 bridgehead atoms. The van der Waals surface area contributed by atoms with Crippen molar-refractivity contribution >= 4 is 21.9 Å². The third kappa shape index (κ3) is 3.82. The molecule has 0 saturated heterocycles. The van der Waals surface area contributed by atoms with Crippen LogP contribution in [0.15, 0.2) is 76.3 Å². The highest BCUT2D eigenvalue weighted by atomic mass is 16.5. The van der Waals surface area contributed by atoms with Crippen molar-refractivity contribution in [1.82, 2.24) is 14.1 Å². The van der Waals surface area contributed by atoms with Gasteiger partial charge in [-0.25, -0.2) is 4.98 Å². The first-order valence-corrected chi connectivity index (χ1v) is 11.7. The molecular weight excluding hydrogens is 454 g/mol. The van der Waals surface area contributed by atoms with Gasteiger partial charge in [0, 0.05) is 24.5 Å². The number of hydrogen-bond donors (Lipinski definition) is 0. The molecule has 0 aliphatic rings. The maximum atomic E-state index is 14.0. The van der Waals surface area contributed by atoms with Gasteiger partial charge in [0.25, 0.3) is 5.56 Å². The number of ether oxygens (including phenoxy) is 2. The molecule has 2 aromatic heterocycles. The molecule has 0 aliphatic carbocycles. The molecule has 0 atom stereocenters. The molecular formula is C29H27N3O4. The molecule has 3 aromatic carbocycles. The fourth-order valence-corrected chi connectivity index (χ4v) is 4.71. The highest BCUT2D eigenvalue weighted by Crippen LogP contribution is 2.28. The van der Waals surface area contributed by atoms with Crippen molar-refractivity contribution in [2.24, 2.45) is 7.05 Å². The molecule has 0 saturated carbocycles. The number of methoxy groups -OCH3 is 2. The van der Waals surface area contributed by atoms with Crippen LogP contribution in [0.25, 0.3) is 33.3 Å². The Morgan fingerprint density at radius 2 is 1.61 bits per heavy atom. The van der Waals surface area contributed by atoms with Gasteiger partial charge >= 0.3 is 0 Å². The lowest BCUT2D eigenvalue weighted by molar-refractivity contribution is 0.354. The molecule has 0 amide bonds.